The summed E-state index contributed by atoms with van der Waals surface area (Å²) in [5, 5.41) is 10.2. The first-order chi connectivity index (χ1) is 19.3. The van der Waals surface area contributed by atoms with Crippen LogP contribution in [0, 0.1) is 0 Å². The highest BCUT2D eigenvalue weighted by atomic mass is 19.4. The molecule has 0 unspecified atom stereocenters. The number of nitrogens with zero attached hydrogens (tertiary/aromatic N) is 6. The molecular weight excluding hydrogens is 544 g/mol. The number of piperidine rings is 1. The van der Waals surface area contributed by atoms with Crippen LogP contribution in [-0.2, 0) is 18.6 Å². The molecule has 0 aliphatic carbocycles. The molecule has 1 fully saturated rings. The lowest BCUT2D eigenvalue weighted by Gasteiger charge is -2.33. The fraction of sp³-hybridized carbons (Fsp3) is 0.481. The van der Waals surface area contributed by atoms with E-state index in [9.17, 15) is 22.4 Å². The molecule has 0 radical (unpaired) electrons. The molecule has 1 aliphatic rings. The predicted molar refractivity (Wildman–Crippen MR) is 144 cm³/mol. The van der Waals surface area contributed by atoms with E-state index in [1.54, 1.807) is 35.3 Å². The number of halogens is 4. The number of hydrogen-bond acceptors (Lipinski definition) is 7. The molecule has 14 heteroatoms. The molecule has 2 N–H and O–H groups in total. The van der Waals surface area contributed by atoms with Gasteiger partial charge in [0.2, 0.25) is 11.7 Å². The van der Waals surface area contributed by atoms with Crippen molar-refractivity contribution in [1.82, 2.24) is 34.5 Å². The first-order valence-corrected chi connectivity index (χ1v) is 13.2. The van der Waals surface area contributed by atoms with Crippen LogP contribution < -0.4 is 10.6 Å². The van der Waals surface area contributed by atoms with Crippen molar-refractivity contribution in [3.63, 3.8) is 0 Å². The molecule has 1 saturated heterocycles. The van der Waals surface area contributed by atoms with Crippen LogP contribution in [0.15, 0.2) is 41.3 Å². The van der Waals surface area contributed by atoms with E-state index in [1.807, 2.05) is 32.7 Å². The van der Waals surface area contributed by atoms with Gasteiger partial charge in [-0.3, -0.25) is 4.79 Å². The van der Waals surface area contributed by atoms with E-state index in [1.165, 1.54) is 6.07 Å². The maximum atomic E-state index is 14.7. The van der Waals surface area contributed by atoms with Crippen LogP contribution in [0.25, 0.3) is 22.4 Å². The standard InChI is InChI=1S/C27H32F4N8O2/c1-26(2,3)38-13-20(33-15-38)25(40)32-11-23-35-24(36-41-23)22-10-16-18(34-19-8-9-37(4)12-17(19)28)6-5-7-21(16)39(22)14-27(29,30)31/h5-7,10,13,15,17,19,34H,8-9,11-12,14H2,1-4H3,(H,32,40)/t17-,19+/m0/s1. The third-order valence-corrected chi connectivity index (χ3v) is 7.06. The summed E-state index contributed by atoms with van der Waals surface area (Å²) in [6, 6.07) is 5.98. The van der Waals surface area contributed by atoms with Gasteiger partial charge in [0.25, 0.3) is 5.91 Å². The number of likely N-dealkylation sites (tertiary alicyclic amines) is 1. The predicted octanol–water partition coefficient (Wildman–Crippen LogP) is 4.59. The molecule has 4 heterocycles. The minimum absolute atomic E-state index is 0.0114. The van der Waals surface area contributed by atoms with E-state index < -0.39 is 30.8 Å². The quantitative estimate of drug-likeness (QED) is 0.310. The number of alkyl halides is 4. The summed E-state index contributed by atoms with van der Waals surface area (Å²) in [5.74, 6) is -0.521. The average Bonchev–Trinajstić information content (AvgIpc) is 3.63. The van der Waals surface area contributed by atoms with Crippen LogP contribution in [0.1, 0.15) is 43.6 Å². The number of hydrogen-bond donors (Lipinski definition) is 2. The maximum absolute atomic E-state index is 14.7. The zero-order valence-corrected chi connectivity index (χ0v) is 23.2. The van der Waals surface area contributed by atoms with Gasteiger partial charge in [-0.2, -0.15) is 18.2 Å². The van der Waals surface area contributed by atoms with Gasteiger partial charge < -0.3 is 29.2 Å². The monoisotopic (exact) mass is 576 g/mol. The van der Waals surface area contributed by atoms with E-state index in [4.69, 9.17) is 4.52 Å². The molecule has 0 saturated carbocycles. The van der Waals surface area contributed by atoms with E-state index in [0.717, 1.165) is 4.57 Å². The Balaban J connectivity index is 1.40. The molecule has 0 spiro atoms. The zero-order valence-electron chi connectivity index (χ0n) is 23.2. The molecular formula is C27H32F4N8O2. The Labute approximate surface area is 233 Å². The normalized spacial score (nSPS) is 18.6. The number of nitrogens with one attached hydrogen (secondary N) is 2. The molecule has 2 atom stereocenters. The molecule has 1 amide bonds. The summed E-state index contributed by atoms with van der Waals surface area (Å²) in [6.07, 6.45) is -1.92. The Kier molecular flexibility index (Phi) is 7.53. The van der Waals surface area contributed by atoms with Crippen LogP contribution >= 0.6 is 0 Å². The molecule has 41 heavy (non-hydrogen) atoms. The smallest absolute Gasteiger partial charge is 0.379 e. The third-order valence-electron chi connectivity index (χ3n) is 7.06. The SMILES string of the molecule is CN1CC[C@@H](Nc2cccc3c2cc(-c2noc(CNC(=O)c4cn(C(C)(C)C)cn4)n2)n3CC(F)(F)F)[C@@H](F)C1. The van der Waals surface area contributed by atoms with Crippen LogP contribution in [0.2, 0.25) is 0 Å². The minimum Gasteiger partial charge on any atom is -0.379 e. The third kappa shape index (κ3) is 6.37. The van der Waals surface area contributed by atoms with Crippen LogP contribution in [-0.4, -0.2) is 73.6 Å². The number of benzene rings is 1. The van der Waals surface area contributed by atoms with Gasteiger partial charge >= 0.3 is 6.18 Å². The van der Waals surface area contributed by atoms with Crippen molar-refractivity contribution < 1.29 is 26.9 Å². The first-order valence-electron chi connectivity index (χ1n) is 13.2. The van der Waals surface area contributed by atoms with Crippen LogP contribution in [0.3, 0.4) is 0 Å². The summed E-state index contributed by atoms with van der Waals surface area (Å²) < 4.78 is 63.8. The Hall–Kier alpha value is -3.94. The van der Waals surface area contributed by atoms with Gasteiger partial charge in [-0.05, 0) is 52.4 Å². The Morgan fingerprint density at radius 2 is 2.00 bits per heavy atom. The second-order valence-corrected chi connectivity index (χ2v) is 11.3. The van der Waals surface area contributed by atoms with Gasteiger partial charge in [0, 0.05) is 35.9 Å². The van der Waals surface area contributed by atoms with Gasteiger partial charge in [0.1, 0.15) is 18.4 Å². The number of fused-ring (bicyclic) bond motifs is 1. The number of rotatable bonds is 7. The van der Waals surface area contributed by atoms with Crippen molar-refractivity contribution in [3.05, 3.63) is 48.4 Å². The van der Waals surface area contributed by atoms with E-state index in [0.29, 0.717) is 29.6 Å². The highest BCUT2D eigenvalue weighted by Crippen LogP contribution is 2.35. The second kappa shape index (κ2) is 10.8. The lowest BCUT2D eigenvalue weighted by atomic mass is 10.0. The lowest BCUT2D eigenvalue weighted by Crippen LogP contribution is -2.46. The van der Waals surface area contributed by atoms with Crippen LogP contribution in [0.5, 0.6) is 0 Å². The fourth-order valence-electron chi connectivity index (χ4n) is 4.85. The van der Waals surface area contributed by atoms with Crippen LogP contribution in [0.4, 0.5) is 23.2 Å². The molecule has 1 aliphatic heterocycles. The van der Waals surface area contributed by atoms with Crippen molar-refractivity contribution in [2.24, 2.45) is 0 Å². The average molecular weight is 577 g/mol. The second-order valence-electron chi connectivity index (χ2n) is 11.3. The number of anilines is 1. The Morgan fingerprint density at radius 1 is 1.22 bits per heavy atom. The van der Waals surface area contributed by atoms with Gasteiger partial charge in [-0.15, -0.1) is 0 Å². The molecule has 4 aromatic rings. The van der Waals surface area contributed by atoms with Gasteiger partial charge in [-0.25, -0.2) is 9.37 Å². The van der Waals surface area contributed by atoms with Gasteiger partial charge in [0.15, 0.2) is 0 Å². The number of carbonyl (C=O) groups is 1. The topological polar surface area (TPSA) is 106 Å². The lowest BCUT2D eigenvalue weighted by molar-refractivity contribution is -0.139. The molecule has 3 aromatic heterocycles. The van der Waals surface area contributed by atoms with Crippen molar-refractivity contribution in [2.45, 2.75) is 64.2 Å². The summed E-state index contributed by atoms with van der Waals surface area (Å²) in [7, 11) is 1.85. The van der Waals surface area contributed by atoms with Gasteiger partial charge in [0.05, 0.1) is 30.1 Å². The highest BCUT2D eigenvalue weighted by molar-refractivity contribution is 5.96. The number of imidazole rings is 1. The van der Waals surface area contributed by atoms with Crippen molar-refractivity contribution in [1.29, 1.82) is 0 Å². The van der Waals surface area contributed by atoms with Crippen molar-refractivity contribution in [3.8, 4) is 11.5 Å². The summed E-state index contributed by atoms with van der Waals surface area (Å²) in [4.78, 5) is 22.8. The molecule has 1 aromatic carbocycles. The summed E-state index contributed by atoms with van der Waals surface area (Å²) in [5.41, 5.74) is 0.840. The minimum atomic E-state index is -4.53. The van der Waals surface area contributed by atoms with E-state index >= 15 is 0 Å². The largest absolute Gasteiger partial charge is 0.406 e. The highest BCUT2D eigenvalue weighted by Gasteiger charge is 2.32. The summed E-state index contributed by atoms with van der Waals surface area (Å²) >= 11 is 0. The van der Waals surface area contributed by atoms with E-state index in [-0.39, 0.29) is 41.7 Å². The van der Waals surface area contributed by atoms with E-state index in [2.05, 4.69) is 25.8 Å². The number of carbonyl (C=O) groups excluding carboxylic acids is 1. The Morgan fingerprint density at radius 3 is 2.68 bits per heavy atom. The fourth-order valence-corrected chi connectivity index (χ4v) is 4.85. The zero-order chi connectivity index (χ0) is 29.5. The van der Waals surface area contributed by atoms with Gasteiger partial charge in [-0.1, -0.05) is 11.2 Å². The number of amides is 1. The molecule has 220 valence electrons. The molecule has 10 nitrogen and oxygen atoms in total. The maximum Gasteiger partial charge on any atom is 0.406 e. The summed E-state index contributed by atoms with van der Waals surface area (Å²) in [6.45, 7) is 5.46. The van der Waals surface area contributed by atoms with Crippen molar-refractivity contribution in [2.75, 3.05) is 25.5 Å². The Bertz CT molecular complexity index is 1530. The number of aromatic nitrogens is 5. The molecule has 0 bridgehead atoms. The first kappa shape index (κ1) is 28.6. The van der Waals surface area contributed by atoms with Crippen molar-refractivity contribution >= 4 is 22.5 Å². The molecule has 5 rings (SSSR count).